The van der Waals surface area contributed by atoms with E-state index < -0.39 is 0 Å². The van der Waals surface area contributed by atoms with Crippen LogP contribution in [0.3, 0.4) is 0 Å². The second kappa shape index (κ2) is 7.90. The SMILES string of the molecule is C#Cc1ccc(=O)n(Cc2nccc3c2cnn3Cc2ccccc2)c1.Cl. The van der Waals surface area contributed by atoms with Crippen LogP contribution >= 0.6 is 12.4 Å². The first-order valence-electron chi connectivity index (χ1n) is 8.25. The van der Waals surface area contributed by atoms with Crippen molar-refractivity contribution in [3.05, 3.63) is 94.3 Å². The smallest absolute Gasteiger partial charge is 0.250 e. The Labute approximate surface area is 162 Å². The largest absolute Gasteiger partial charge is 0.308 e. The number of terminal acetylenes is 1. The van der Waals surface area contributed by atoms with Crippen molar-refractivity contribution in [1.29, 1.82) is 0 Å². The van der Waals surface area contributed by atoms with Crippen LogP contribution in [0.5, 0.6) is 0 Å². The molecule has 0 unspecified atom stereocenters. The first-order chi connectivity index (χ1) is 12.7. The Bertz CT molecular complexity index is 1170. The summed E-state index contributed by atoms with van der Waals surface area (Å²) in [5.74, 6) is 2.55. The molecule has 4 rings (SSSR count). The quantitative estimate of drug-likeness (QED) is 0.514. The topological polar surface area (TPSA) is 52.7 Å². The van der Waals surface area contributed by atoms with Crippen molar-refractivity contribution in [2.24, 2.45) is 0 Å². The van der Waals surface area contributed by atoms with Crippen molar-refractivity contribution >= 4 is 23.3 Å². The summed E-state index contributed by atoms with van der Waals surface area (Å²) >= 11 is 0. The maximum Gasteiger partial charge on any atom is 0.250 e. The molecule has 0 atom stereocenters. The third kappa shape index (κ3) is 3.76. The molecule has 134 valence electrons. The van der Waals surface area contributed by atoms with Gasteiger partial charge >= 0.3 is 0 Å². The van der Waals surface area contributed by atoms with Crippen molar-refractivity contribution < 1.29 is 0 Å². The molecular formula is C21H17ClN4O. The van der Waals surface area contributed by atoms with Crippen molar-refractivity contribution in [2.75, 3.05) is 0 Å². The van der Waals surface area contributed by atoms with Gasteiger partial charge in [0, 0.05) is 29.4 Å². The molecule has 27 heavy (non-hydrogen) atoms. The van der Waals surface area contributed by atoms with Crippen molar-refractivity contribution in [2.45, 2.75) is 13.1 Å². The average molecular weight is 377 g/mol. The van der Waals surface area contributed by atoms with Gasteiger partial charge in [-0.05, 0) is 17.7 Å². The van der Waals surface area contributed by atoms with Crippen LogP contribution in [-0.4, -0.2) is 19.3 Å². The van der Waals surface area contributed by atoms with Crippen LogP contribution in [0.25, 0.3) is 10.9 Å². The highest BCUT2D eigenvalue weighted by Gasteiger charge is 2.10. The number of hydrogen-bond acceptors (Lipinski definition) is 3. The Hall–Kier alpha value is -3.36. The van der Waals surface area contributed by atoms with E-state index in [4.69, 9.17) is 6.42 Å². The lowest BCUT2D eigenvalue weighted by molar-refractivity contribution is 0.711. The number of fused-ring (bicyclic) bond motifs is 1. The minimum absolute atomic E-state index is 0. The molecule has 0 aliphatic rings. The first-order valence-corrected chi connectivity index (χ1v) is 8.25. The van der Waals surface area contributed by atoms with Gasteiger partial charge in [-0.15, -0.1) is 18.8 Å². The Morgan fingerprint density at radius 2 is 1.85 bits per heavy atom. The van der Waals surface area contributed by atoms with Crippen LogP contribution in [0.4, 0.5) is 0 Å². The minimum atomic E-state index is -0.112. The maximum absolute atomic E-state index is 12.1. The highest BCUT2D eigenvalue weighted by Crippen LogP contribution is 2.18. The van der Waals surface area contributed by atoms with Crippen LogP contribution in [0.1, 0.15) is 16.8 Å². The predicted molar refractivity (Wildman–Crippen MR) is 108 cm³/mol. The van der Waals surface area contributed by atoms with Crippen LogP contribution in [0.2, 0.25) is 0 Å². The van der Waals surface area contributed by atoms with Gasteiger partial charge in [0.2, 0.25) is 0 Å². The fraction of sp³-hybridized carbons (Fsp3) is 0.0952. The molecule has 0 N–H and O–H groups in total. The predicted octanol–water partition coefficient (Wildman–Crippen LogP) is 3.09. The van der Waals surface area contributed by atoms with Crippen LogP contribution in [-0.2, 0) is 13.1 Å². The summed E-state index contributed by atoms with van der Waals surface area (Å²) in [6.07, 6.45) is 10.7. The standard InChI is InChI=1S/C21H16N4O.ClH/c1-2-16-8-9-21(26)24(13-16)15-19-18-12-23-25(20(18)10-11-22-19)14-17-6-4-3-5-7-17;/h1,3-13H,14-15H2;1H. The second-order valence-corrected chi connectivity index (χ2v) is 6.01. The molecule has 1 aromatic carbocycles. The number of halogens is 1. The summed E-state index contributed by atoms with van der Waals surface area (Å²) in [6, 6.07) is 15.2. The molecular weight excluding hydrogens is 360 g/mol. The molecule has 0 aliphatic carbocycles. The van der Waals surface area contributed by atoms with E-state index >= 15 is 0 Å². The molecule has 0 bridgehead atoms. The zero-order chi connectivity index (χ0) is 17.9. The monoisotopic (exact) mass is 376 g/mol. The molecule has 3 aromatic heterocycles. The van der Waals surface area contributed by atoms with E-state index in [9.17, 15) is 4.79 Å². The summed E-state index contributed by atoms with van der Waals surface area (Å²) in [4.78, 5) is 16.6. The van der Waals surface area contributed by atoms with Gasteiger partial charge < -0.3 is 4.57 Å². The molecule has 0 aliphatic heterocycles. The highest BCUT2D eigenvalue weighted by molar-refractivity contribution is 5.85. The molecule has 0 radical (unpaired) electrons. The van der Waals surface area contributed by atoms with Crippen LogP contribution in [0, 0.1) is 12.3 Å². The van der Waals surface area contributed by atoms with Gasteiger partial charge in [0.15, 0.2) is 0 Å². The number of aromatic nitrogens is 4. The van der Waals surface area contributed by atoms with E-state index in [2.05, 4.69) is 28.1 Å². The van der Waals surface area contributed by atoms with E-state index in [1.165, 1.54) is 11.6 Å². The van der Waals surface area contributed by atoms with E-state index in [1.54, 1.807) is 29.2 Å². The Morgan fingerprint density at radius 1 is 1.04 bits per heavy atom. The van der Waals surface area contributed by atoms with Gasteiger partial charge in [-0.3, -0.25) is 14.5 Å². The molecule has 0 saturated carbocycles. The molecule has 4 aromatic rings. The van der Waals surface area contributed by atoms with Crippen molar-refractivity contribution in [3.8, 4) is 12.3 Å². The minimum Gasteiger partial charge on any atom is -0.308 e. The van der Waals surface area contributed by atoms with E-state index in [0.717, 1.165) is 16.6 Å². The lowest BCUT2D eigenvalue weighted by Crippen LogP contribution is -2.20. The molecule has 6 heteroatoms. The fourth-order valence-corrected chi connectivity index (χ4v) is 2.97. The summed E-state index contributed by atoms with van der Waals surface area (Å²) in [5.41, 5.74) is 3.50. The maximum atomic E-state index is 12.1. The molecule has 5 nitrogen and oxygen atoms in total. The van der Waals surface area contributed by atoms with Gasteiger partial charge in [0.25, 0.3) is 5.56 Å². The third-order valence-electron chi connectivity index (χ3n) is 4.30. The van der Waals surface area contributed by atoms with Crippen LogP contribution in [0.15, 0.2) is 71.9 Å². The number of pyridine rings is 2. The summed E-state index contributed by atoms with van der Waals surface area (Å²) in [5, 5.41) is 5.44. The van der Waals surface area contributed by atoms with Gasteiger partial charge in [-0.1, -0.05) is 36.3 Å². The fourth-order valence-electron chi connectivity index (χ4n) is 2.97. The number of benzene rings is 1. The van der Waals surface area contributed by atoms with Gasteiger partial charge in [-0.25, -0.2) is 0 Å². The van der Waals surface area contributed by atoms with E-state index in [1.807, 2.05) is 28.9 Å². The van der Waals surface area contributed by atoms with E-state index in [-0.39, 0.29) is 18.0 Å². The van der Waals surface area contributed by atoms with Gasteiger partial charge in [0.05, 0.1) is 30.5 Å². The molecule has 0 spiro atoms. The van der Waals surface area contributed by atoms with Crippen LogP contribution < -0.4 is 5.56 Å². The van der Waals surface area contributed by atoms with Gasteiger partial charge in [-0.2, -0.15) is 5.10 Å². The normalized spacial score (nSPS) is 10.3. The highest BCUT2D eigenvalue weighted by atomic mass is 35.5. The Balaban J connectivity index is 0.00000210. The third-order valence-corrected chi connectivity index (χ3v) is 4.30. The zero-order valence-electron chi connectivity index (χ0n) is 14.4. The summed E-state index contributed by atoms with van der Waals surface area (Å²) in [6.45, 7) is 1.03. The lowest BCUT2D eigenvalue weighted by atomic mass is 10.2. The van der Waals surface area contributed by atoms with Gasteiger partial charge in [0.1, 0.15) is 0 Å². The lowest BCUT2D eigenvalue weighted by Gasteiger charge is -2.08. The summed E-state index contributed by atoms with van der Waals surface area (Å²) < 4.78 is 3.52. The van der Waals surface area contributed by atoms with E-state index in [0.29, 0.717) is 18.7 Å². The number of nitrogens with zero attached hydrogens (tertiary/aromatic N) is 4. The average Bonchev–Trinajstić information content (AvgIpc) is 3.08. The van der Waals surface area contributed by atoms with Crippen molar-refractivity contribution in [1.82, 2.24) is 19.3 Å². The molecule has 0 saturated heterocycles. The molecule has 0 fully saturated rings. The Kier molecular flexibility index (Phi) is 5.39. The van der Waals surface area contributed by atoms with Crippen molar-refractivity contribution in [3.63, 3.8) is 0 Å². The molecule has 0 amide bonds. The Morgan fingerprint density at radius 3 is 2.63 bits per heavy atom. The number of rotatable bonds is 4. The summed E-state index contributed by atoms with van der Waals surface area (Å²) in [7, 11) is 0. The molecule has 3 heterocycles. The second-order valence-electron chi connectivity index (χ2n) is 6.01. The first kappa shape index (κ1) is 18.4. The zero-order valence-corrected chi connectivity index (χ0v) is 15.3. The number of hydrogen-bond donors (Lipinski definition) is 0.